The molecule has 0 aliphatic heterocycles. The first-order chi connectivity index (χ1) is 6.24. The van der Waals surface area contributed by atoms with Crippen molar-refractivity contribution < 1.29 is 5.11 Å². The molecule has 13 heavy (non-hydrogen) atoms. The Kier molecular flexibility index (Phi) is 2.17. The highest BCUT2D eigenvalue weighted by Crippen LogP contribution is 2.37. The average molecular weight is 258 g/mol. The third-order valence-electron chi connectivity index (χ3n) is 1.96. The summed E-state index contributed by atoms with van der Waals surface area (Å²) in [5, 5.41) is 13.2. The first-order valence-electron chi connectivity index (χ1n) is 3.77. The van der Waals surface area contributed by atoms with Crippen LogP contribution in [0.4, 0.5) is 5.69 Å². The maximum absolute atomic E-state index is 9.78. The van der Waals surface area contributed by atoms with Gasteiger partial charge in [-0.3, -0.25) is 0 Å². The number of aromatic hydroxyl groups is 1. The summed E-state index contributed by atoms with van der Waals surface area (Å²) in [7, 11) is 0. The molecule has 0 aliphatic carbocycles. The Bertz CT molecular complexity index is 452. The number of nitrogens with two attached hydrogens (primary N) is 1. The number of phenolic OH excluding ortho intramolecular Hbond substituents is 1. The number of thiophene rings is 1. The number of fused-ring (bicyclic) bond motifs is 1. The standard InChI is InChI=1S/C9H8BrNOS/c10-4-5-3-7(11)9-6(8(5)12)1-2-13-9/h1-3,12H,4,11H2. The van der Waals surface area contributed by atoms with Gasteiger partial charge in [-0.1, -0.05) is 15.9 Å². The van der Waals surface area contributed by atoms with Gasteiger partial charge >= 0.3 is 0 Å². The zero-order valence-electron chi connectivity index (χ0n) is 6.75. The van der Waals surface area contributed by atoms with Crippen molar-refractivity contribution in [1.29, 1.82) is 0 Å². The topological polar surface area (TPSA) is 46.2 Å². The molecule has 4 heteroatoms. The number of nitrogen functional groups attached to an aromatic ring is 1. The van der Waals surface area contributed by atoms with Gasteiger partial charge in [-0.05, 0) is 17.5 Å². The summed E-state index contributed by atoms with van der Waals surface area (Å²) in [5.74, 6) is 0.335. The predicted molar refractivity (Wildman–Crippen MR) is 60.5 cm³/mol. The lowest BCUT2D eigenvalue weighted by atomic mass is 10.1. The zero-order valence-corrected chi connectivity index (χ0v) is 9.15. The number of hydrogen-bond donors (Lipinski definition) is 2. The summed E-state index contributed by atoms with van der Waals surface area (Å²) >= 11 is 4.85. The Morgan fingerprint density at radius 1 is 1.54 bits per heavy atom. The number of phenols is 1. The number of anilines is 1. The van der Waals surface area contributed by atoms with Crippen molar-refractivity contribution in [3.05, 3.63) is 23.1 Å². The van der Waals surface area contributed by atoms with Crippen molar-refractivity contribution >= 4 is 43.0 Å². The van der Waals surface area contributed by atoms with Crippen molar-refractivity contribution in [2.24, 2.45) is 0 Å². The molecule has 0 saturated carbocycles. The molecule has 0 spiro atoms. The van der Waals surface area contributed by atoms with Gasteiger partial charge in [0.2, 0.25) is 0 Å². The quantitative estimate of drug-likeness (QED) is 0.469. The number of alkyl halides is 1. The van der Waals surface area contributed by atoms with Gasteiger partial charge in [0.1, 0.15) is 5.75 Å². The summed E-state index contributed by atoms with van der Waals surface area (Å²) in [5.41, 5.74) is 7.39. The lowest BCUT2D eigenvalue weighted by molar-refractivity contribution is 0.477. The number of halogens is 1. The minimum atomic E-state index is 0.335. The van der Waals surface area contributed by atoms with Crippen LogP contribution in [0.25, 0.3) is 10.1 Å². The Balaban J connectivity index is 2.85. The van der Waals surface area contributed by atoms with Crippen LogP contribution in [0.1, 0.15) is 5.56 Å². The predicted octanol–water partition coefficient (Wildman–Crippen LogP) is 3.08. The highest BCUT2D eigenvalue weighted by molar-refractivity contribution is 9.08. The fraction of sp³-hybridized carbons (Fsp3) is 0.111. The van der Waals surface area contributed by atoms with Crippen LogP contribution in [0.15, 0.2) is 17.5 Å². The lowest BCUT2D eigenvalue weighted by Gasteiger charge is -2.04. The van der Waals surface area contributed by atoms with Gasteiger partial charge < -0.3 is 10.8 Å². The first kappa shape index (κ1) is 8.84. The minimum absolute atomic E-state index is 0.335. The summed E-state index contributed by atoms with van der Waals surface area (Å²) < 4.78 is 0.960. The molecule has 1 aromatic carbocycles. The van der Waals surface area contributed by atoms with E-state index in [0.717, 1.165) is 21.3 Å². The van der Waals surface area contributed by atoms with Crippen LogP contribution in [-0.2, 0) is 5.33 Å². The van der Waals surface area contributed by atoms with E-state index in [-0.39, 0.29) is 0 Å². The van der Waals surface area contributed by atoms with Gasteiger partial charge in [0.05, 0.1) is 10.4 Å². The highest BCUT2D eigenvalue weighted by atomic mass is 79.9. The van der Waals surface area contributed by atoms with Crippen LogP contribution < -0.4 is 5.73 Å². The number of hydrogen-bond acceptors (Lipinski definition) is 3. The van der Waals surface area contributed by atoms with E-state index in [9.17, 15) is 5.11 Å². The van der Waals surface area contributed by atoms with E-state index in [0.29, 0.717) is 11.1 Å². The molecule has 0 bridgehead atoms. The van der Waals surface area contributed by atoms with Crippen molar-refractivity contribution in [2.45, 2.75) is 5.33 Å². The van der Waals surface area contributed by atoms with Crippen LogP contribution in [0.2, 0.25) is 0 Å². The first-order valence-corrected chi connectivity index (χ1v) is 5.77. The van der Waals surface area contributed by atoms with E-state index in [1.54, 1.807) is 11.3 Å². The van der Waals surface area contributed by atoms with Crippen LogP contribution in [0.5, 0.6) is 5.75 Å². The maximum atomic E-state index is 9.78. The summed E-state index contributed by atoms with van der Waals surface area (Å²) in [6, 6.07) is 3.70. The molecule has 2 rings (SSSR count). The Hall–Kier alpha value is -0.740. The van der Waals surface area contributed by atoms with Gasteiger partial charge in [-0.25, -0.2) is 0 Å². The third-order valence-corrected chi connectivity index (χ3v) is 3.53. The van der Waals surface area contributed by atoms with Gasteiger partial charge in [-0.2, -0.15) is 0 Å². The second-order valence-corrected chi connectivity index (χ2v) is 4.25. The van der Waals surface area contributed by atoms with Crippen molar-refractivity contribution in [2.75, 3.05) is 5.73 Å². The molecule has 2 nitrogen and oxygen atoms in total. The summed E-state index contributed by atoms with van der Waals surface area (Å²) in [6.45, 7) is 0. The summed E-state index contributed by atoms with van der Waals surface area (Å²) in [6.07, 6.45) is 0. The van der Waals surface area contributed by atoms with E-state index in [1.807, 2.05) is 17.5 Å². The fourth-order valence-electron chi connectivity index (χ4n) is 1.32. The molecule has 0 aliphatic rings. The monoisotopic (exact) mass is 257 g/mol. The normalized spacial score (nSPS) is 10.8. The Labute approximate surface area is 88.1 Å². The van der Waals surface area contributed by atoms with Gasteiger partial charge in [0, 0.05) is 16.3 Å². The van der Waals surface area contributed by atoms with E-state index in [2.05, 4.69) is 15.9 Å². The van der Waals surface area contributed by atoms with E-state index in [4.69, 9.17) is 5.73 Å². The van der Waals surface area contributed by atoms with Crippen molar-refractivity contribution in [1.82, 2.24) is 0 Å². The Morgan fingerprint density at radius 2 is 2.31 bits per heavy atom. The zero-order chi connectivity index (χ0) is 9.42. The van der Waals surface area contributed by atoms with Crippen molar-refractivity contribution in [3.8, 4) is 5.75 Å². The molecule has 2 aromatic rings. The van der Waals surface area contributed by atoms with Gasteiger partial charge in [-0.15, -0.1) is 11.3 Å². The molecular weight excluding hydrogens is 250 g/mol. The molecule has 3 N–H and O–H groups in total. The molecule has 1 heterocycles. The third kappa shape index (κ3) is 1.30. The number of benzene rings is 1. The van der Waals surface area contributed by atoms with Crippen LogP contribution in [0.3, 0.4) is 0 Å². The minimum Gasteiger partial charge on any atom is -0.507 e. The highest BCUT2D eigenvalue weighted by Gasteiger charge is 2.09. The SMILES string of the molecule is Nc1cc(CBr)c(O)c2ccsc12. The average Bonchev–Trinajstić information content (AvgIpc) is 2.60. The van der Waals surface area contributed by atoms with Crippen molar-refractivity contribution in [3.63, 3.8) is 0 Å². The maximum Gasteiger partial charge on any atom is 0.128 e. The number of rotatable bonds is 1. The molecule has 1 aromatic heterocycles. The molecule has 0 amide bonds. The molecule has 68 valence electrons. The van der Waals surface area contributed by atoms with E-state index < -0.39 is 0 Å². The largest absolute Gasteiger partial charge is 0.507 e. The van der Waals surface area contributed by atoms with E-state index in [1.165, 1.54) is 0 Å². The molecular formula is C9H8BrNOS. The second kappa shape index (κ2) is 3.20. The van der Waals surface area contributed by atoms with Crippen LogP contribution in [-0.4, -0.2) is 5.11 Å². The second-order valence-electron chi connectivity index (χ2n) is 2.77. The van der Waals surface area contributed by atoms with E-state index >= 15 is 0 Å². The molecule has 0 saturated heterocycles. The summed E-state index contributed by atoms with van der Waals surface area (Å²) in [4.78, 5) is 0. The van der Waals surface area contributed by atoms with Crippen LogP contribution >= 0.6 is 27.3 Å². The molecule has 0 radical (unpaired) electrons. The smallest absolute Gasteiger partial charge is 0.128 e. The Morgan fingerprint density at radius 3 is 3.00 bits per heavy atom. The lowest BCUT2D eigenvalue weighted by Crippen LogP contribution is -1.88. The van der Waals surface area contributed by atoms with Crippen LogP contribution in [0, 0.1) is 0 Å². The molecule has 0 unspecified atom stereocenters. The van der Waals surface area contributed by atoms with Gasteiger partial charge in [0.15, 0.2) is 0 Å². The molecule has 0 atom stereocenters. The fourth-order valence-corrected chi connectivity index (χ4v) is 2.57. The van der Waals surface area contributed by atoms with Gasteiger partial charge in [0.25, 0.3) is 0 Å². The molecule has 0 fully saturated rings.